The fourth-order valence-corrected chi connectivity index (χ4v) is 4.59. The molecule has 0 saturated heterocycles. The molecular formula is C31H43NO4. The van der Waals surface area contributed by atoms with Crippen molar-refractivity contribution in [3.63, 3.8) is 0 Å². The van der Waals surface area contributed by atoms with Crippen LogP contribution in [0.1, 0.15) is 57.9 Å². The fourth-order valence-electron chi connectivity index (χ4n) is 4.59. The first kappa shape index (κ1) is 28.1. The van der Waals surface area contributed by atoms with Crippen LogP contribution in [0.2, 0.25) is 0 Å². The molecule has 0 unspecified atom stereocenters. The summed E-state index contributed by atoms with van der Waals surface area (Å²) < 4.78 is 23.2. The molecular weight excluding hydrogens is 450 g/mol. The van der Waals surface area contributed by atoms with Gasteiger partial charge in [-0.05, 0) is 76.3 Å². The van der Waals surface area contributed by atoms with Gasteiger partial charge in [-0.1, -0.05) is 44.2 Å². The number of methoxy groups -OCH3 is 1. The van der Waals surface area contributed by atoms with Crippen molar-refractivity contribution >= 4 is 10.9 Å². The molecule has 0 aliphatic heterocycles. The Labute approximate surface area is 217 Å². The SMILES string of the molecule is CC.COC[C@@]1(Cc2ccc(OCc3cc(C)nc4ccccc34)cc2)C[C@@H]1COCOC(C)(C)C. The Morgan fingerprint density at radius 1 is 1.03 bits per heavy atom. The summed E-state index contributed by atoms with van der Waals surface area (Å²) in [6.07, 6.45) is 2.09. The maximum Gasteiger partial charge on any atom is 0.147 e. The third-order valence-electron chi connectivity index (χ3n) is 6.49. The minimum absolute atomic E-state index is 0.145. The fraction of sp³-hybridized carbons (Fsp3) is 0.516. The molecule has 3 aromatic rings. The van der Waals surface area contributed by atoms with Gasteiger partial charge in [0.15, 0.2) is 0 Å². The molecule has 1 heterocycles. The number of nitrogens with zero attached hydrogens (tertiary/aromatic N) is 1. The second-order valence-electron chi connectivity index (χ2n) is 10.5. The highest BCUT2D eigenvalue weighted by Crippen LogP contribution is 2.55. The molecule has 1 saturated carbocycles. The largest absolute Gasteiger partial charge is 0.489 e. The van der Waals surface area contributed by atoms with Crippen LogP contribution in [0.15, 0.2) is 54.6 Å². The average molecular weight is 494 g/mol. The van der Waals surface area contributed by atoms with Crippen LogP contribution in [0.5, 0.6) is 5.75 Å². The number of rotatable bonds is 11. The van der Waals surface area contributed by atoms with Crippen LogP contribution >= 0.6 is 0 Å². The van der Waals surface area contributed by atoms with Gasteiger partial charge in [-0.15, -0.1) is 0 Å². The smallest absolute Gasteiger partial charge is 0.147 e. The molecule has 1 aliphatic carbocycles. The van der Waals surface area contributed by atoms with Gasteiger partial charge >= 0.3 is 0 Å². The Kier molecular flexibility index (Phi) is 9.89. The molecule has 2 atom stereocenters. The van der Waals surface area contributed by atoms with E-state index in [1.165, 1.54) is 5.56 Å². The number of fused-ring (bicyclic) bond motifs is 1. The minimum Gasteiger partial charge on any atom is -0.489 e. The predicted octanol–water partition coefficient (Wildman–Crippen LogP) is 7.13. The molecule has 5 nitrogen and oxygen atoms in total. The summed E-state index contributed by atoms with van der Waals surface area (Å²) in [7, 11) is 1.78. The summed E-state index contributed by atoms with van der Waals surface area (Å²) in [6, 6.07) is 18.8. The Bertz CT molecular complexity index is 1090. The third kappa shape index (κ3) is 7.76. The van der Waals surface area contributed by atoms with Crippen molar-refractivity contribution < 1.29 is 18.9 Å². The van der Waals surface area contributed by atoms with Gasteiger partial charge in [0.05, 0.1) is 24.3 Å². The van der Waals surface area contributed by atoms with Crippen molar-refractivity contribution in [3.05, 3.63) is 71.4 Å². The third-order valence-corrected chi connectivity index (χ3v) is 6.49. The summed E-state index contributed by atoms with van der Waals surface area (Å²) in [5.74, 6) is 1.37. The average Bonchev–Trinajstić information content (AvgIpc) is 3.53. The zero-order chi connectivity index (χ0) is 26.2. The molecule has 36 heavy (non-hydrogen) atoms. The Morgan fingerprint density at radius 2 is 1.75 bits per heavy atom. The van der Waals surface area contributed by atoms with Crippen molar-refractivity contribution in [1.82, 2.24) is 4.98 Å². The number of aryl methyl sites for hydroxylation is 1. The van der Waals surface area contributed by atoms with Crippen molar-refractivity contribution in [2.75, 3.05) is 27.1 Å². The summed E-state index contributed by atoms with van der Waals surface area (Å²) in [6.45, 7) is 14.4. The zero-order valence-electron chi connectivity index (χ0n) is 23.1. The predicted molar refractivity (Wildman–Crippen MR) is 146 cm³/mol. The molecule has 1 aromatic heterocycles. The van der Waals surface area contributed by atoms with E-state index < -0.39 is 0 Å². The van der Waals surface area contributed by atoms with Crippen molar-refractivity contribution in [2.45, 2.75) is 66.6 Å². The first-order valence-electron chi connectivity index (χ1n) is 13.1. The molecule has 4 rings (SSSR count). The van der Waals surface area contributed by atoms with E-state index in [4.69, 9.17) is 18.9 Å². The standard InChI is InChI=1S/C29H37NO4.C2H6/c1-21-14-23(26-8-6-7-9-27(26)30-21)17-33-25-12-10-22(11-13-25)15-29(19-31-5)16-24(29)18-32-20-34-28(2,3)4;1-2/h6-14,24H,15-20H2,1-5H3;1-2H3/t24-,29-;/m1./s1. The van der Waals surface area contributed by atoms with E-state index in [0.29, 0.717) is 25.9 Å². The number of hydrogen-bond acceptors (Lipinski definition) is 5. The lowest BCUT2D eigenvalue weighted by Gasteiger charge is -2.20. The lowest BCUT2D eigenvalue weighted by molar-refractivity contribution is -0.123. The van der Waals surface area contributed by atoms with Gasteiger partial charge in [-0.3, -0.25) is 4.98 Å². The van der Waals surface area contributed by atoms with Crippen LogP contribution in [-0.4, -0.2) is 37.7 Å². The monoisotopic (exact) mass is 493 g/mol. The first-order chi connectivity index (χ1) is 17.3. The molecule has 5 heteroatoms. The van der Waals surface area contributed by atoms with Gasteiger partial charge in [0.2, 0.25) is 0 Å². The van der Waals surface area contributed by atoms with Crippen LogP contribution in [0.3, 0.4) is 0 Å². The Hall–Kier alpha value is -2.47. The van der Waals surface area contributed by atoms with E-state index in [2.05, 4.69) is 41.4 Å². The van der Waals surface area contributed by atoms with Gasteiger partial charge in [0.25, 0.3) is 0 Å². The lowest BCUT2D eigenvalue weighted by Crippen LogP contribution is -2.22. The van der Waals surface area contributed by atoms with Crippen LogP contribution in [0.4, 0.5) is 0 Å². The number of pyridine rings is 1. The Morgan fingerprint density at radius 3 is 2.44 bits per heavy atom. The molecule has 0 bridgehead atoms. The van der Waals surface area contributed by atoms with Crippen molar-refractivity contribution in [3.8, 4) is 5.75 Å². The van der Waals surface area contributed by atoms with Crippen LogP contribution < -0.4 is 4.74 Å². The number of aromatic nitrogens is 1. The highest BCUT2D eigenvalue weighted by molar-refractivity contribution is 5.82. The zero-order valence-corrected chi connectivity index (χ0v) is 23.1. The molecule has 2 aromatic carbocycles. The Balaban J connectivity index is 0.00000176. The molecule has 0 spiro atoms. The highest BCUT2D eigenvalue weighted by atomic mass is 16.7. The van der Waals surface area contributed by atoms with Crippen LogP contribution in [0, 0.1) is 18.3 Å². The molecule has 1 fully saturated rings. The second kappa shape index (κ2) is 12.7. The minimum atomic E-state index is -0.180. The van der Waals surface area contributed by atoms with Gasteiger partial charge in [0, 0.05) is 29.2 Å². The van der Waals surface area contributed by atoms with Crippen LogP contribution in [0.25, 0.3) is 10.9 Å². The van der Waals surface area contributed by atoms with E-state index >= 15 is 0 Å². The van der Waals surface area contributed by atoms with Crippen molar-refractivity contribution in [2.24, 2.45) is 11.3 Å². The van der Waals surface area contributed by atoms with Gasteiger partial charge < -0.3 is 18.9 Å². The van der Waals surface area contributed by atoms with Gasteiger partial charge in [0.1, 0.15) is 19.1 Å². The van der Waals surface area contributed by atoms with E-state index in [0.717, 1.165) is 47.4 Å². The van der Waals surface area contributed by atoms with Crippen molar-refractivity contribution in [1.29, 1.82) is 0 Å². The summed E-state index contributed by atoms with van der Waals surface area (Å²) in [5, 5.41) is 1.14. The maximum absolute atomic E-state index is 6.13. The van der Waals surface area contributed by atoms with E-state index in [9.17, 15) is 0 Å². The maximum atomic E-state index is 6.13. The number of benzene rings is 2. The topological polar surface area (TPSA) is 49.8 Å². The van der Waals surface area contributed by atoms with Gasteiger partial charge in [-0.25, -0.2) is 0 Å². The van der Waals surface area contributed by atoms with E-state index in [1.807, 2.05) is 59.7 Å². The van der Waals surface area contributed by atoms with E-state index in [1.54, 1.807) is 7.11 Å². The first-order valence-corrected chi connectivity index (χ1v) is 13.1. The lowest BCUT2D eigenvalue weighted by atomic mass is 9.94. The van der Waals surface area contributed by atoms with Gasteiger partial charge in [-0.2, -0.15) is 0 Å². The number of para-hydroxylation sites is 1. The molecule has 196 valence electrons. The summed E-state index contributed by atoms with van der Waals surface area (Å²) in [4.78, 5) is 4.62. The summed E-state index contributed by atoms with van der Waals surface area (Å²) >= 11 is 0. The van der Waals surface area contributed by atoms with Crippen LogP contribution in [-0.2, 0) is 27.2 Å². The number of ether oxygens (including phenoxy) is 4. The highest BCUT2D eigenvalue weighted by Gasteiger charge is 2.53. The second-order valence-corrected chi connectivity index (χ2v) is 10.5. The van der Waals surface area contributed by atoms with E-state index in [-0.39, 0.29) is 11.0 Å². The summed E-state index contributed by atoms with van der Waals surface area (Å²) in [5.41, 5.74) is 4.43. The molecule has 0 amide bonds. The molecule has 0 N–H and O–H groups in total. The normalized spacial score (nSPS) is 19.0. The quantitative estimate of drug-likeness (QED) is 0.210. The number of hydrogen-bond donors (Lipinski definition) is 0. The molecule has 1 aliphatic rings. The molecule has 0 radical (unpaired) electrons.